The molecule has 0 aliphatic carbocycles. The van der Waals surface area contributed by atoms with Crippen LogP contribution in [0, 0.1) is 5.82 Å². The van der Waals surface area contributed by atoms with Gasteiger partial charge >= 0.3 is 0 Å². The molecule has 0 radical (unpaired) electrons. The number of rotatable bonds is 5. The van der Waals surface area contributed by atoms with Gasteiger partial charge in [0.25, 0.3) is 0 Å². The van der Waals surface area contributed by atoms with Gasteiger partial charge in [-0.3, -0.25) is 4.79 Å². The number of benzene rings is 1. The van der Waals surface area contributed by atoms with E-state index in [0.717, 1.165) is 0 Å². The summed E-state index contributed by atoms with van der Waals surface area (Å²) < 4.78 is 13.7. The van der Waals surface area contributed by atoms with E-state index in [1.807, 2.05) is 6.92 Å². The standard InChI is InChI=1S/C12H15BrFNO2/c1-2-10(7-16)15-12(17)6-8-5-9(14)3-4-11(8)13/h3-5,10,16H,2,6-7H2,1H3,(H,15,17). The highest BCUT2D eigenvalue weighted by Gasteiger charge is 2.11. The molecule has 0 saturated carbocycles. The zero-order chi connectivity index (χ0) is 12.8. The highest BCUT2D eigenvalue weighted by Crippen LogP contribution is 2.18. The van der Waals surface area contributed by atoms with E-state index in [-0.39, 0.29) is 30.8 Å². The summed E-state index contributed by atoms with van der Waals surface area (Å²) in [5, 5.41) is 11.6. The van der Waals surface area contributed by atoms with Crippen LogP contribution < -0.4 is 5.32 Å². The van der Waals surface area contributed by atoms with E-state index in [1.165, 1.54) is 12.1 Å². The van der Waals surface area contributed by atoms with Gasteiger partial charge in [0.05, 0.1) is 19.1 Å². The Bertz CT molecular complexity index is 394. The molecule has 0 aliphatic rings. The van der Waals surface area contributed by atoms with Crippen LogP contribution in [0.5, 0.6) is 0 Å². The average molecular weight is 304 g/mol. The van der Waals surface area contributed by atoms with Gasteiger partial charge in [-0.05, 0) is 30.2 Å². The van der Waals surface area contributed by atoms with Crippen molar-refractivity contribution >= 4 is 21.8 Å². The SMILES string of the molecule is CCC(CO)NC(=O)Cc1cc(F)ccc1Br. The molecule has 2 N–H and O–H groups in total. The first kappa shape index (κ1) is 14.1. The molecular weight excluding hydrogens is 289 g/mol. The number of halogens is 2. The van der Waals surface area contributed by atoms with E-state index in [1.54, 1.807) is 6.07 Å². The van der Waals surface area contributed by atoms with Gasteiger partial charge in [-0.15, -0.1) is 0 Å². The first-order valence-corrected chi connectivity index (χ1v) is 6.20. The molecule has 1 aromatic carbocycles. The lowest BCUT2D eigenvalue weighted by atomic mass is 10.1. The van der Waals surface area contributed by atoms with Crippen LogP contribution >= 0.6 is 15.9 Å². The van der Waals surface area contributed by atoms with E-state index >= 15 is 0 Å². The lowest BCUT2D eigenvalue weighted by Gasteiger charge is -2.14. The number of hydrogen-bond donors (Lipinski definition) is 2. The molecule has 0 heterocycles. The predicted molar refractivity (Wildman–Crippen MR) is 67.1 cm³/mol. The summed E-state index contributed by atoms with van der Waals surface area (Å²) in [7, 11) is 0. The van der Waals surface area contributed by atoms with Crippen molar-refractivity contribution in [2.75, 3.05) is 6.61 Å². The number of aliphatic hydroxyl groups is 1. The molecule has 1 atom stereocenters. The number of amides is 1. The van der Waals surface area contributed by atoms with Gasteiger partial charge in [0.15, 0.2) is 0 Å². The molecule has 0 aliphatic heterocycles. The minimum absolute atomic E-state index is 0.0907. The molecule has 0 fully saturated rings. The Morgan fingerprint density at radius 1 is 1.59 bits per heavy atom. The maximum Gasteiger partial charge on any atom is 0.224 e. The van der Waals surface area contributed by atoms with Crippen LogP contribution in [0.25, 0.3) is 0 Å². The van der Waals surface area contributed by atoms with Gasteiger partial charge in [-0.2, -0.15) is 0 Å². The van der Waals surface area contributed by atoms with E-state index in [4.69, 9.17) is 5.11 Å². The molecule has 0 aromatic heterocycles. The zero-order valence-electron chi connectivity index (χ0n) is 9.54. The third-order valence-electron chi connectivity index (χ3n) is 2.44. The van der Waals surface area contributed by atoms with E-state index in [0.29, 0.717) is 16.5 Å². The van der Waals surface area contributed by atoms with Crippen LogP contribution in [-0.4, -0.2) is 23.7 Å². The molecule has 1 rings (SSSR count). The fraction of sp³-hybridized carbons (Fsp3) is 0.417. The Morgan fingerprint density at radius 2 is 2.29 bits per heavy atom. The van der Waals surface area contributed by atoms with Crippen LogP contribution in [-0.2, 0) is 11.2 Å². The van der Waals surface area contributed by atoms with Crippen LogP contribution in [0.3, 0.4) is 0 Å². The van der Waals surface area contributed by atoms with Crippen molar-refractivity contribution in [2.45, 2.75) is 25.8 Å². The molecule has 94 valence electrons. The molecule has 3 nitrogen and oxygen atoms in total. The summed E-state index contributed by atoms with van der Waals surface area (Å²) in [6.07, 6.45) is 0.751. The van der Waals surface area contributed by atoms with Crippen LogP contribution in [0.15, 0.2) is 22.7 Å². The fourth-order valence-corrected chi connectivity index (χ4v) is 1.79. The number of hydrogen-bond acceptors (Lipinski definition) is 2. The monoisotopic (exact) mass is 303 g/mol. The Morgan fingerprint density at radius 3 is 2.88 bits per heavy atom. The molecule has 0 spiro atoms. The van der Waals surface area contributed by atoms with Crippen molar-refractivity contribution < 1.29 is 14.3 Å². The lowest BCUT2D eigenvalue weighted by Crippen LogP contribution is -2.37. The third kappa shape index (κ3) is 4.44. The summed E-state index contributed by atoms with van der Waals surface area (Å²) in [5.41, 5.74) is 0.593. The first-order valence-electron chi connectivity index (χ1n) is 5.41. The molecule has 0 bridgehead atoms. The molecular formula is C12H15BrFNO2. The average Bonchev–Trinajstić information content (AvgIpc) is 2.31. The maximum atomic E-state index is 13.0. The second-order valence-electron chi connectivity index (χ2n) is 3.77. The Labute approximate surface area is 108 Å². The smallest absolute Gasteiger partial charge is 0.224 e. The Hall–Kier alpha value is -0.940. The number of nitrogens with one attached hydrogen (secondary N) is 1. The summed E-state index contributed by atoms with van der Waals surface area (Å²) in [6.45, 7) is 1.78. The van der Waals surface area contributed by atoms with E-state index in [9.17, 15) is 9.18 Å². The van der Waals surface area contributed by atoms with Gasteiger partial charge < -0.3 is 10.4 Å². The first-order chi connectivity index (χ1) is 8.06. The van der Waals surface area contributed by atoms with Crippen molar-refractivity contribution in [1.29, 1.82) is 0 Å². The Kier molecular flexibility index (Phi) is 5.58. The minimum Gasteiger partial charge on any atom is -0.394 e. The van der Waals surface area contributed by atoms with Crippen molar-refractivity contribution in [1.82, 2.24) is 5.32 Å². The highest BCUT2D eigenvalue weighted by atomic mass is 79.9. The van der Waals surface area contributed by atoms with Gasteiger partial charge in [0.2, 0.25) is 5.91 Å². The quantitative estimate of drug-likeness (QED) is 0.874. The Balaban J connectivity index is 2.64. The number of carbonyl (C=O) groups excluding carboxylic acids is 1. The summed E-state index contributed by atoms with van der Waals surface area (Å²) >= 11 is 3.26. The maximum absolute atomic E-state index is 13.0. The molecule has 0 saturated heterocycles. The van der Waals surface area contributed by atoms with Crippen molar-refractivity contribution in [3.8, 4) is 0 Å². The molecule has 1 aromatic rings. The second-order valence-corrected chi connectivity index (χ2v) is 4.62. The lowest BCUT2D eigenvalue weighted by molar-refractivity contribution is -0.121. The number of carbonyl (C=O) groups is 1. The van der Waals surface area contributed by atoms with Gasteiger partial charge in [-0.25, -0.2) is 4.39 Å². The van der Waals surface area contributed by atoms with Crippen molar-refractivity contribution in [3.05, 3.63) is 34.1 Å². The van der Waals surface area contributed by atoms with Gasteiger partial charge in [0.1, 0.15) is 5.82 Å². The van der Waals surface area contributed by atoms with Crippen LogP contribution in [0.4, 0.5) is 4.39 Å². The van der Waals surface area contributed by atoms with Crippen LogP contribution in [0.2, 0.25) is 0 Å². The number of aliphatic hydroxyl groups excluding tert-OH is 1. The largest absolute Gasteiger partial charge is 0.394 e. The minimum atomic E-state index is -0.370. The van der Waals surface area contributed by atoms with Gasteiger partial charge in [-0.1, -0.05) is 22.9 Å². The third-order valence-corrected chi connectivity index (χ3v) is 3.21. The molecule has 17 heavy (non-hydrogen) atoms. The second kappa shape index (κ2) is 6.71. The fourth-order valence-electron chi connectivity index (χ4n) is 1.41. The topological polar surface area (TPSA) is 49.3 Å². The van der Waals surface area contributed by atoms with E-state index < -0.39 is 0 Å². The summed E-state index contributed by atoms with van der Waals surface area (Å²) in [6, 6.07) is 3.98. The van der Waals surface area contributed by atoms with Crippen molar-refractivity contribution in [3.63, 3.8) is 0 Å². The van der Waals surface area contributed by atoms with Crippen molar-refractivity contribution in [2.24, 2.45) is 0 Å². The normalized spacial score (nSPS) is 12.2. The summed E-state index contributed by atoms with van der Waals surface area (Å²) in [4.78, 5) is 11.6. The summed E-state index contributed by atoms with van der Waals surface area (Å²) in [5.74, 6) is -0.595. The van der Waals surface area contributed by atoms with Crippen LogP contribution in [0.1, 0.15) is 18.9 Å². The van der Waals surface area contributed by atoms with Gasteiger partial charge in [0, 0.05) is 4.47 Å². The van der Waals surface area contributed by atoms with E-state index in [2.05, 4.69) is 21.2 Å². The highest BCUT2D eigenvalue weighted by molar-refractivity contribution is 9.10. The molecule has 5 heteroatoms. The zero-order valence-corrected chi connectivity index (χ0v) is 11.1. The molecule has 1 amide bonds. The molecule has 1 unspecified atom stereocenters. The predicted octanol–water partition coefficient (Wildman–Crippen LogP) is 2.02.